The fourth-order valence-corrected chi connectivity index (χ4v) is 3.32. The maximum atomic E-state index is 11.5. The van der Waals surface area contributed by atoms with Gasteiger partial charge in [-0.05, 0) is 24.7 Å². The fourth-order valence-electron chi connectivity index (χ4n) is 3.32. The van der Waals surface area contributed by atoms with Gasteiger partial charge in [-0.15, -0.1) is 0 Å². The lowest BCUT2D eigenvalue weighted by Crippen LogP contribution is -2.09. The van der Waals surface area contributed by atoms with Crippen molar-refractivity contribution in [3.63, 3.8) is 0 Å². The van der Waals surface area contributed by atoms with E-state index in [9.17, 15) is 9.59 Å². The largest absolute Gasteiger partial charge is 0.465 e. The summed E-state index contributed by atoms with van der Waals surface area (Å²) < 4.78 is 10.4. The van der Waals surface area contributed by atoms with Crippen molar-refractivity contribution >= 4 is 11.9 Å². The second-order valence-corrected chi connectivity index (χ2v) is 9.60. The van der Waals surface area contributed by atoms with E-state index in [1.807, 2.05) is 0 Å². The lowest BCUT2D eigenvalue weighted by atomic mass is 10.0. The number of unbranched alkanes of at least 4 members (excludes halogenated alkanes) is 13. The van der Waals surface area contributed by atoms with E-state index in [2.05, 4.69) is 27.7 Å². The molecule has 30 heavy (non-hydrogen) atoms. The van der Waals surface area contributed by atoms with Crippen LogP contribution in [0.1, 0.15) is 130 Å². The Morgan fingerprint density at radius 1 is 0.467 bits per heavy atom. The number of carbonyl (C=O) groups is 2. The van der Waals surface area contributed by atoms with Crippen molar-refractivity contribution in [2.45, 2.75) is 130 Å². The molecule has 0 aliphatic carbocycles. The molecule has 0 saturated carbocycles. The molecule has 0 unspecified atom stereocenters. The number of hydrogen-bond donors (Lipinski definition) is 0. The molecule has 0 aromatic rings. The molecule has 0 aromatic carbocycles. The summed E-state index contributed by atoms with van der Waals surface area (Å²) in [5.74, 6) is 0.775. The predicted octanol–water partition coefficient (Wildman–Crippen LogP) is 7.63. The van der Waals surface area contributed by atoms with E-state index in [0.29, 0.717) is 37.9 Å². The van der Waals surface area contributed by atoms with Gasteiger partial charge >= 0.3 is 11.9 Å². The predicted molar refractivity (Wildman–Crippen MR) is 125 cm³/mol. The molecule has 0 aromatic heterocycles. The second kappa shape index (κ2) is 21.2. The maximum Gasteiger partial charge on any atom is 0.305 e. The molecule has 0 atom stereocenters. The third kappa shape index (κ3) is 23.2. The Morgan fingerprint density at radius 3 is 0.933 bits per heavy atom. The van der Waals surface area contributed by atoms with Gasteiger partial charge in [0.1, 0.15) is 0 Å². The Hall–Kier alpha value is -1.06. The van der Waals surface area contributed by atoms with Crippen LogP contribution in [0.25, 0.3) is 0 Å². The monoisotopic (exact) mass is 426 g/mol. The van der Waals surface area contributed by atoms with Crippen LogP contribution < -0.4 is 0 Å². The molecular weight excluding hydrogens is 376 g/mol. The van der Waals surface area contributed by atoms with Gasteiger partial charge in [0, 0.05) is 12.8 Å². The van der Waals surface area contributed by atoms with Crippen LogP contribution in [0.4, 0.5) is 0 Å². The molecule has 0 aliphatic heterocycles. The average Bonchev–Trinajstić information content (AvgIpc) is 2.70. The van der Waals surface area contributed by atoms with Crippen LogP contribution in [-0.2, 0) is 19.1 Å². The van der Waals surface area contributed by atoms with Crippen molar-refractivity contribution in [1.82, 2.24) is 0 Å². The lowest BCUT2D eigenvalue weighted by Gasteiger charge is -2.07. The van der Waals surface area contributed by atoms with Crippen LogP contribution in [-0.4, -0.2) is 25.2 Å². The van der Waals surface area contributed by atoms with Crippen molar-refractivity contribution in [2.24, 2.45) is 11.8 Å². The Bertz CT molecular complexity index is 366. The molecule has 0 saturated heterocycles. The Labute approximate surface area is 186 Å². The molecule has 4 heteroatoms. The highest BCUT2D eigenvalue weighted by Gasteiger charge is 2.05. The van der Waals surface area contributed by atoms with Crippen molar-refractivity contribution < 1.29 is 19.1 Å². The Balaban J connectivity index is 3.18. The van der Waals surface area contributed by atoms with Gasteiger partial charge in [-0.1, -0.05) is 105 Å². The number of hydrogen-bond acceptors (Lipinski definition) is 4. The van der Waals surface area contributed by atoms with Gasteiger partial charge in [0.2, 0.25) is 0 Å². The molecule has 4 nitrogen and oxygen atoms in total. The summed E-state index contributed by atoms with van der Waals surface area (Å²) in [6, 6.07) is 0. The second-order valence-electron chi connectivity index (χ2n) is 9.60. The van der Waals surface area contributed by atoms with Crippen molar-refractivity contribution in [3.8, 4) is 0 Å². The zero-order valence-corrected chi connectivity index (χ0v) is 20.5. The standard InChI is InChI=1S/C26H50O4/c1-23(2)21-29-25(27)19-17-15-13-11-9-7-5-6-8-10-12-14-16-18-20-26(28)30-22-24(3)4/h23-24H,5-22H2,1-4H3. The zero-order valence-electron chi connectivity index (χ0n) is 20.5. The van der Waals surface area contributed by atoms with Gasteiger partial charge in [-0.3, -0.25) is 9.59 Å². The van der Waals surface area contributed by atoms with Crippen LogP contribution in [0.15, 0.2) is 0 Å². The van der Waals surface area contributed by atoms with Crippen LogP contribution in [0.2, 0.25) is 0 Å². The van der Waals surface area contributed by atoms with Gasteiger partial charge in [0.15, 0.2) is 0 Å². The normalized spacial score (nSPS) is 11.3. The fraction of sp³-hybridized carbons (Fsp3) is 0.923. The van der Waals surface area contributed by atoms with Crippen LogP contribution >= 0.6 is 0 Å². The maximum absolute atomic E-state index is 11.5. The smallest absolute Gasteiger partial charge is 0.305 e. The average molecular weight is 427 g/mol. The molecular formula is C26H50O4. The van der Waals surface area contributed by atoms with Crippen molar-refractivity contribution in [3.05, 3.63) is 0 Å². The summed E-state index contributed by atoms with van der Waals surface area (Å²) in [6.07, 6.45) is 18.5. The summed E-state index contributed by atoms with van der Waals surface area (Å²) in [5, 5.41) is 0. The van der Waals surface area contributed by atoms with E-state index in [1.54, 1.807) is 0 Å². The SMILES string of the molecule is CC(C)COC(=O)CCCCCCCCCCCCCCCCC(=O)OCC(C)C. The minimum absolute atomic E-state index is 0.0344. The zero-order chi connectivity index (χ0) is 22.5. The number of esters is 2. The molecule has 0 fully saturated rings. The molecule has 0 spiro atoms. The van der Waals surface area contributed by atoms with Crippen LogP contribution in [0, 0.1) is 11.8 Å². The first kappa shape index (κ1) is 28.9. The minimum atomic E-state index is -0.0344. The quantitative estimate of drug-likeness (QED) is 0.140. The third-order valence-corrected chi connectivity index (χ3v) is 5.17. The molecule has 178 valence electrons. The van der Waals surface area contributed by atoms with Crippen molar-refractivity contribution in [1.29, 1.82) is 0 Å². The first-order valence-electron chi connectivity index (χ1n) is 12.7. The van der Waals surface area contributed by atoms with E-state index in [4.69, 9.17) is 9.47 Å². The molecule has 0 aliphatic rings. The highest BCUT2D eigenvalue weighted by molar-refractivity contribution is 5.69. The van der Waals surface area contributed by atoms with E-state index in [-0.39, 0.29) is 11.9 Å². The van der Waals surface area contributed by atoms with E-state index in [0.717, 1.165) is 25.7 Å². The first-order chi connectivity index (χ1) is 14.4. The van der Waals surface area contributed by atoms with Gasteiger partial charge in [0.25, 0.3) is 0 Å². The summed E-state index contributed by atoms with van der Waals surface area (Å²) in [5.41, 5.74) is 0. The highest BCUT2D eigenvalue weighted by Crippen LogP contribution is 2.14. The van der Waals surface area contributed by atoms with Crippen LogP contribution in [0.5, 0.6) is 0 Å². The molecule has 0 heterocycles. The van der Waals surface area contributed by atoms with E-state index >= 15 is 0 Å². The van der Waals surface area contributed by atoms with Gasteiger partial charge in [-0.2, -0.15) is 0 Å². The van der Waals surface area contributed by atoms with Crippen LogP contribution in [0.3, 0.4) is 0 Å². The Kier molecular flexibility index (Phi) is 20.4. The summed E-state index contributed by atoms with van der Waals surface area (Å²) in [7, 11) is 0. The molecule has 0 N–H and O–H groups in total. The molecule has 0 radical (unpaired) electrons. The third-order valence-electron chi connectivity index (χ3n) is 5.17. The minimum Gasteiger partial charge on any atom is -0.465 e. The number of ether oxygens (including phenoxy) is 2. The van der Waals surface area contributed by atoms with Gasteiger partial charge < -0.3 is 9.47 Å². The van der Waals surface area contributed by atoms with Crippen molar-refractivity contribution in [2.75, 3.05) is 13.2 Å². The summed E-state index contributed by atoms with van der Waals surface area (Å²) in [6.45, 7) is 9.34. The van der Waals surface area contributed by atoms with E-state index < -0.39 is 0 Å². The van der Waals surface area contributed by atoms with Gasteiger partial charge in [0.05, 0.1) is 13.2 Å². The molecule has 0 bridgehead atoms. The Morgan fingerprint density at radius 2 is 0.700 bits per heavy atom. The summed E-state index contributed by atoms with van der Waals surface area (Å²) in [4.78, 5) is 23.0. The molecule has 0 rings (SSSR count). The lowest BCUT2D eigenvalue weighted by molar-refractivity contribution is -0.145. The highest BCUT2D eigenvalue weighted by atomic mass is 16.5. The number of carbonyl (C=O) groups excluding carboxylic acids is 2. The van der Waals surface area contributed by atoms with E-state index in [1.165, 1.54) is 64.2 Å². The number of rotatable bonds is 21. The van der Waals surface area contributed by atoms with Gasteiger partial charge in [-0.25, -0.2) is 0 Å². The summed E-state index contributed by atoms with van der Waals surface area (Å²) >= 11 is 0. The topological polar surface area (TPSA) is 52.6 Å². The molecule has 0 amide bonds. The first-order valence-corrected chi connectivity index (χ1v) is 12.7.